The van der Waals surface area contributed by atoms with E-state index in [1.807, 2.05) is 50.2 Å². The first kappa shape index (κ1) is 25.4. The van der Waals surface area contributed by atoms with Crippen LogP contribution in [0.5, 0.6) is 0 Å². The molecule has 0 unspecified atom stereocenters. The van der Waals surface area contributed by atoms with Crippen LogP contribution < -0.4 is 0 Å². The molecule has 9 nitrogen and oxygen atoms in total. The summed E-state index contributed by atoms with van der Waals surface area (Å²) in [7, 11) is 0. The summed E-state index contributed by atoms with van der Waals surface area (Å²) in [5.74, 6) is 1.31. The average Bonchev–Trinajstić information content (AvgIpc) is 3.64. The number of nitriles is 1. The van der Waals surface area contributed by atoms with Crippen LogP contribution in [0, 0.1) is 17.2 Å². The second-order valence-electron chi connectivity index (χ2n) is 11.4. The van der Waals surface area contributed by atoms with Gasteiger partial charge in [0.25, 0.3) is 0 Å². The number of carbonyl (C=O) groups excluding carboxylic acids is 1. The molecule has 3 heterocycles. The van der Waals surface area contributed by atoms with Crippen molar-refractivity contribution in [3.8, 4) is 17.5 Å². The fraction of sp³-hybridized carbons (Fsp3) is 0.414. The van der Waals surface area contributed by atoms with E-state index in [0.29, 0.717) is 46.8 Å². The van der Waals surface area contributed by atoms with Crippen LogP contribution in [0.4, 0.5) is 4.79 Å². The van der Waals surface area contributed by atoms with Crippen molar-refractivity contribution >= 4 is 28.7 Å². The van der Waals surface area contributed by atoms with Crippen molar-refractivity contribution in [2.24, 2.45) is 5.92 Å². The molecule has 1 aliphatic heterocycles. The van der Waals surface area contributed by atoms with E-state index in [9.17, 15) is 10.1 Å². The smallest absolute Gasteiger partial charge is 0.410 e. The normalized spacial score (nSPS) is 21.4. The lowest BCUT2D eigenvalue weighted by Gasteiger charge is -2.36. The summed E-state index contributed by atoms with van der Waals surface area (Å²) in [6, 6.07) is 15.3. The number of imidazole rings is 1. The molecule has 2 aromatic carbocycles. The first-order chi connectivity index (χ1) is 18.7. The zero-order chi connectivity index (χ0) is 27.2. The summed E-state index contributed by atoms with van der Waals surface area (Å²) in [6.07, 6.45) is 5.07. The molecular formula is C29H29ClN6O3. The highest BCUT2D eigenvalue weighted by atomic mass is 35.5. The van der Waals surface area contributed by atoms with Gasteiger partial charge in [-0.15, -0.1) is 0 Å². The van der Waals surface area contributed by atoms with Crippen LogP contribution in [0.2, 0.25) is 5.02 Å². The summed E-state index contributed by atoms with van der Waals surface area (Å²) >= 11 is 6.35. The van der Waals surface area contributed by atoms with E-state index in [0.717, 1.165) is 43.3 Å². The van der Waals surface area contributed by atoms with E-state index in [1.54, 1.807) is 17.3 Å². The number of halogens is 1. The Bertz CT molecular complexity index is 1570. The van der Waals surface area contributed by atoms with E-state index >= 15 is 0 Å². The first-order valence-corrected chi connectivity index (χ1v) is 13.6. The monoisotopic (exact) mass is 544 g/mol. The quantitative estimate of drug-likeness (QED) is 0.294. The Kier molecular flexibility index (Phi) is 6.31. The van der Waals surface area contributed by atoms with Gasteiger partial charge in [0, 0.05) is 18.7 Å². The third-order valence-electron chi connectivity index (χ3n) is 7.83. The van der Waals surface area contributed by atoms with Gasteiger partial charge < -0.3 is 18.7 Å². The molecule has 4 aromatic rings. The lowest BCUT2D eigenvalue weighted by molar-refractivity contribution is 0.00413. The number of rotatable bonds is 6. The van der Waals surface area contributed by atoms with Crippen LogP contribution in [0.15, 0.2) is 53.3 Å². The number of fused-ring (bicyclic) bond motifs is 1. The van der Waals surface area contributed by atoms with Gasteiger partial charge in [-0.2, -0.15) is 10.2 Å². The molecule has 0 radical (unpaired) electrons. The van der Waals surface area contributed by atoms with Gasteiger partial charge in [0.05, 0.1) is 40.5 Å². The number of hydrogen-bond acceptors (Lipinski definition) is 7. The van der Waals surface area contributed by atoms with E-state index in [4.69, 9.17) is 20.9 Å². The molecule has 1 amide bonds. The van der Waals surface area contributed by atoms with Gasteiger partial charge in [-0.25, -0.2) is 9.78 Å². The van der Waals surface area contributed by atoms with Crippen molar-refractivity contribution in [3.63, 3.8) is 0 Å². The molecule has 1 saturated heterocycles. The number of benzene rings is 2. The molecular weight excluding hydrogens is 516 g/mol. The fourth-order valence-electron chi connectivity index (χ4n) is 6.01. The SMILES string of the molecule is CC(C)(CN1C[C@@]2(CCC[C@H](Cn3cnc4c(Cl)cc(C#N)cc43)C2)OC1=O)c1nc(-c2ccccc2)no1. The highest BCUT2D eigenvalue weighted by molar-refractivity contribution is 6.35. The summed E-state index contributed by atoms with van der Waals surface area (Å²) in [5, 5.41) is 14.0. The summed E-state index contributed by atoms with van der Waals surface area (Å²) in [4.78, 5) is 23.9. The van der Waals surface area contributed by atoms with Crippen molar-refractivity contribution in [1.29, 1.82) is 5.26 Å². The molecule has 10 heteroatoms. The Labute approximate surface area is 231 Å². The number of amides is 1. The fourth-order valence-corrected chi connectivity index (χ4v) is 6.27. The number of nitrogens with zero attached hydrogens (tertiary/aromatic N) is 6. The predicted molar refractivity (Wildman–Crippen MR) is 145 cm³/mol. The number of hydrogen-bond donors (Lipinski definition) is 0. The minimum absolute atomic E-state index is 0.297. The van der Waals surface area contributed by atoms with Crippen molar-refractivity contribution in [2.75, 3.05) is 13.1 Å². The molecule has 0 bridgehead atoms. The van der Waals surface area contributed by atoms with Crippen molar-refractivity contribution < 1.29 is 14.1 Å². The van der Waals surface area contributed by atoms with Crippen LogP contribution in [-0.2, 0) is 16.7 Å². The zero-order valence-corrected chi connectivity index (χ0v) is 22.7. The van der Waals surface area contributed by atoms with Crippen LogP contribution in [0.1, 0.15) is 51.0 Å². The minimum Gasteiger partial charge on any atom is -0.441 e. The molecule has 39 heavy (non-hydrogen) atoms. The van der Waals surface area contributed by atoms with Gasteiger partial charge in [-0.05, 0) is 57.6 Å². The maximum Gasteiger partial charge on any atom is 0.410 e. The second kappa shape index (κ2) is 9.69. The first-order valence-electron chi connectivity index (χ1n) is 13.2. The maximum absolute atomic E-state index is 13.1. The molecule has 2 atom stereocenters. The Balaban J connectivity index is 1.15. The van der Waals surface area contributed by atoms with E-state index in [2.05, 4.69) is 25.8 Å². The minimum atomic E-state index is -0.550. The Morgan fingerprint density at radius 3 is 2.87 bits per heavy atom. The molecule has 2 fully saturated rings. The van der Waals surface area contributed by atoms with Gasteiger partial charge in [0.15, 0.2) is 0 Å². The van der Waals surface area contributed by atoms with E-state index in [-0.39, 0.29) is 6.09 Å². The third kappa shape index (κ3) is 4.85. The van der Waals surface area contributed by atoms with Gasteiger partial charge >= 0.3 is 6.09 Å². The number of aromatic nitrogens is 4. The molecule has 200 valence electrons. The largest absolute Gasteiger partial charge is 0.441 e. The molecule has 1 saturated carbocycles. The lowest BCUT2D eigenvalue weighted by atomic mass is 9.77. The van der Waals surface area contributed by atoms with Gasteiger partial charge in [-0.3, -0.25) is 0 Å². The zero-order valence-electron chi connectivity index (χ0n) is 21.9. The molecule has 1 spiro atoms. The molecule has 1 aliphatic carbocycles. The Morgan fingerprint density at radius 1 is 1.26 bits per heavy atom. The summed E-state index contributed by atoms with van der Waals surface area (Å²) in [6.45, 7) is 5.66. The summed E-state index contributed by atoms with van der Waals surface area (Å²) in [5.41, 5.74) is 1.86. The summed E-state index contributed by atoms with van der Waals surface area (Å²) < 4.78 is 13.8. The maximum atomic E-state index is 13.1. The van der Waals surface area contributed by atoms with Crippen LogP contribution in [0.3, 0.4) is 0 Å². The lowest BCUT2D eigenvalue weighted by Crippen LogP contribution is -2.43. The van der Waals surface area contributed by atoms with E-state index < -0.39 is 11.0 Å². The van der Waals surface area contributed by atoms with E-state index in [1.165, 1.54) is 0 Å². The molecule has 2 aromatic heterocycles. The molecule has 0 N–H and O–H groups in total. The van der Waals surface area contributed by atoms with Gasteiger partial charge in [0.1, 0.15) is 11.1 Å². The molecule has 2 aliphatic rings. The Hall–Kier alpha value is -3.90. The van der Waals surface area contributed by atoms with Crippen LogP contribution in [-0.4, -0.2) is 49.4 Å². The van der Waals surface area contributed by atoms with Crippen molar-refractivity contribution in [1.82, 2.24) is 24.6 Å². The number of carbonyl (C=O) groups is 1. The van der Waals surface area contributed by atoms with Gasteiger partial charge in [0.2, 0.25) is 11.7 Å². The third-order valence-corrected chi connectivity index (χ3v) is 8.12. The highest BCUT2D eigenvalue weighted by Crippen LogP contribution is 2.42. The molecule has 6 rings (SSSR count). The van der Waals surface area contributed by atoms with Crippen LogP contribution in [0.25, 0.3) is 22.4 Å². The second-order valence-corrected chi connectivity index (χ2v) is 11.8. The Morgan fingerprint density at radius 2 is 2.08 bits per heavy atom. The standard InChI is InChI=1S/C29H29ClN6O3/c1-28(2,26-33-25(34-39-26)21-8-4-3-5-9-21)16-36-17-29(38-27(36)37)10-6-7-19(13-29)15-35-18-32-24-22(30)11-20(14-31)12-23(24)35/h3-5,8-9,11-12,18-19H,6-7,10,13,15-17H2,1-2H3/t19-,29-/m0/s1. The topological polar surface area (TPSA) is 110 Å². The highest BCUT2D eigenvalue weighted by Gasteiger charge is 2.49. The van der Waals surface area contributed by atoms with Crippen molar-refractivity contribution in [3.05, 3.63) is 65.3 Å². The average molecular weight is 545 g/mol. The van der Waals surface area contributed by atoms with Gasteiger partial charge in [-0.1, -0.05) is 47.1 Å². The van der Waals surface area contributed by atoms with Crippen LogP contribution >= 0.6 is 11.6 Å². The predicted octanol–water partition coefficient (Wildman–Crippen LogP) is 5.97. The number of ether oxygens (including phenoxy) is 1. The van der Waals surface area contributed by atoms with Crippen molar-refractivity contribution in [2.45, 2.75) is 57.1 Å².